The van der Waals surface area contributed by atoms with Gasteiger partial charge < -0.3 is 4.90 Å². The summed E-state index contributed by atoms with van der Waals surface area (Å²) in [5.74, 6) is 0. The largest absolute Gasteiger partial charge is 0.371 e. The van der Waals surface area contributed by atoms with E-state index >= 15 is 0 Å². The smallest absolute Gasteiger partial charge is 0.0650 e. The van der Waals surface area contributed by atoms with Crippen molar-refractivity contribution in [3.63, 3.8) is 0 Å². The molecule has 3 aromatic rings. The maximum Gasteiger partial charge on any atom is 0.0650 e. The van der Waals surface area contributed by atoms with Gasteiger partial charge in [-0.1, -0.05) is 48.0 Å². The molecule has 1 saturated heterocycles. The van der Waals surface area contributed by atoms with Gasteiger partial charge in [-0.2, -0.15) is 0 Å². The molecule has 2 nitrogen and oxygen atoms in total. The van der Waals surface area contributed by atoms with Crippen LogP contribution < -0.4 is 4.90 Å². The number of aryl methyl sites for hydroxylation is 1. The highest BCUT2D eigenvalue weighted by Crippen LogP contribution is 2.28. The Labute approximate surface area is 172 Å². The molecule has 0 spiro atoms. The van der Waals surface area contributed by atoms with Crippen LogP contribution in [-0.2, 0) is 0 Å². The van der Waals surface area contributed by atoms with E-state index in [4.69, 9.17) is 11.6 Å². The number of piperidine rings is 1. The highest BCUT2D eigenvalue weighted by Gasteiger charge is 2.13. The first-order valence-corrected chi connectivity index (χ1v) is 9.67. The molecule has 0 N–H and O–H groups in total. The molecule has 0 unspecified atom stereocenters. The first-order valence-electron chi connectivity index (χ1n) is 9.29. The van der Waals surface area contributed by atoms with Gasteiger partial charge >= 0.3 is 0 Å². The number of halogens is 2. The summed E-state index contributed by atoms with van der Waals surface area (Å²) in [6, 6.07) is 14.5. The topological polar surface area (TPSA) is 16.1 Å². The van der Waals surface area contributed by atoms with E-state index in [-0.39, 0.29) is 12.4 Å². The lowest BCUT2D eigenvalue weighted by Gasteiger charge is -2.30. The standard InChI is InChI=1S/C23H23ClN2.ClH/c1-17-16-25-19(15-23(17)26-13-5-2-6-14-26)11-9-18-10-12-22(24)21-8-4-3-7-20(18)21;/h3-4,7-12,15-16H,2,5-6,13-14H2,1H3;1H. The van der Waals surface area contributed by atoms with E-state index in [1.165, 1.54) is 35.9 Å². The first kappa shape index (κ1) is 19.7. The maximum atomic E-state index is 6.33. The summed E-state index contributed by atoms with van der Waals surface area (Å²) < 4.78 is 0. The lowest BCUT2D eigenvalue weighted by molar-refractivity contribution is 0.577. The van der Waals surface area contributed by atoms with E-state index < -0.39 is 0 Å². The maximum absolute atomic E-state index is 6.33. The Bertz CT molecular complexity index is 960. The van der Waals surface area contributed by atoms with Crippen LogP contribution in [0.3, 0.4) is 0 Å². The zero-order valence-electron chi connectivity index (χ0n) is 15.5. The third kappa shape index (κ3) is 4.28. The molecule has 140 valence electrons. The predicted molar refractivity (Wildman–Crippen MR) is 120 cm³/mol. The van der Waals surface area contributed by atoms with Crippen LogP contribution >= 0.6 is 24.0 Å². The van der Waals surface area contributed by atoms with Gasteiger partial charge in [-0.15, -0.1) is 12.4 Å². The molecule has 1 aromatic heterocycles. The monoisotopic (exact) mass is 398 g/mol. The van der Waals surface area contributed by atoms with E-state index in [2.05, 4.69) is 59.3 Å². The van der Waals surface area contributed by atoms with Crippen molar-refractivity contribution in [1.82, 2.24) is 4.98 Å². The van der Waals surface area contributed by atoms with Gasteiger partial charge in [0.05, 0.1) is 5.69 Å². The third-order valence-electron chi connectivity index (χ3n) is 5.13. The quantitative estimate of drug-likeness (QED) is 0.483. The average molecular weight is 399 g/mol. The highest BCUT2D eigenvalue weighted by molar-refractivity contribution is 6.35. The molecule has 27 heavy (non-hydrogen) atoms. The number of benzene rings is 2. The Kier molecular flexibility index (Phi) is 6.41. The van der Waals surface area contributed by atoms with Crippen LogP contribution in [0.25, 0.3) is 22.9 Å². The summed E-state index contributed by atoms with van der Waals surface area (Å²) in [4.78, 5) is 7.10. The molecule has 1 aliphatic heterocycles. The fourth-order valence-corrected chi connectivity index (χ4v) is 3.93. The molecule has 0 atom stereocenters. The fraction of sp³-hybridized carbons (Fsp3) is 0.261. The first-order chi connectivity index (χ1) is 12.7. The lowest BCUT2D eigenvalue weighted by atomic mass is 10.0. The summed E-state index contributed by atoms with van der Waals surface area (Å²) in [6.45, 7) is 4.45. The van der Waals surface area contributed by atoms with Crippen molar-refractivity contribution in [2.24, 2.45) is 0 Å². The Balaban J connectivity index is 0.00000210. The van der Waals surface area contributed by atoms with Gasteiger partial charge in [0.1, 0.15) is 0 Å². The molecule has 0 saturated carbocycles. The zero-order valence-corrected chi connectivity index (χ0v) is 17.1. The van der Waals surface area contributed by atoms with Gasteiger partial charge in [0.15, 0.2) is 0 Å². The van der Waals surface area contributed by atoms with Gasteiger partial charge in [0.2, 0.25) is 0 Å². The summed E-state index contributed by atoms with van der Waals surface area (Å²) >= 11 is 6.33. The van der Waals surface area contributed by atoms with Crippen molar-refractivity contribution in [2.45, 2.75) is 26.2 Å². The molecule has 2 heterocycles. The molecule has 0 radical (unpaired) electrons. The molecule has 0 aliphatic carbocycles. The molecule has 4 heteroatoms. The van der Waals surface area contributed by atoms with E-state index in [9.17, 15) is 0 Å². The van der Waals surface area contributed by atoms with E-state index in [1.54, 1.807) is 0 Å². The van der Waals surface area contributed by atoms with Crippen molar-refractivity contribution >= 4 is 52.6 Å². The van der Waals surface area contributed by atoms with Gasteiger partial charge in [-0.05, 0) is 60.9 Å². The van der Waals surface area contributed by atoms with Gasteiger partial charge in [-0.25, -0.2) is 0 Å². The number of anilines is 1. The van der Waals surface area contributed by atoms with Crippen molar-refractivity contribution in [3.05, 3.63) is 70.5 Å². The summed E-state index contributed by atoms with van der Waals surface area (Å²) in [7, 11) is 0. The zero-order chi connectivity index (χ0) is 17.9. The fourth-order valence-electron chi connectivity index (χ4n) is 3.70. The van der Waals surface area contributed by atoms with Crippen LogP contribution in [0.15, 0.2) is 48.7 Å². The number of nitrogens with zero attached hydrogens (tertiary/aromatic N) is 2. The third-order valence-corrected chi connectivity index (χ3v) is 5.46. The Hall–Kier alpha value is -2.03. The second-order valence-corrected chi connectivity index (χ2v) is 7.37. The summed E-state index contributed by atoms with van der Waals surface area (Å²) in [5, 5.41) is 3.04. The minimum Gasteiger partial charge on any atom is -0.371 e. The summed E-state index contributed by atoms with van der Waals surface area (Å²) in [5.41, 5.74) is 4.73. The van der Waals surface area contributed by atoms with Crippen molar-refractivity contribution in [2.75, 3.05) is 18.0 Å². The summed E-state index contributed by atoms with van der Waals surface area (Å²) in [6.07, 6.45) is 10.1. The average Bonchev–Trinajstić information content (AvgIpc) is 2.69. The second-order valence-electron chi connectivity index (χ2n) is 6.96. The minimum atomic E-state index is 0. The van der Waals surface area contributed by atoms with Crippen molar-refractivity contribution < 1.29 is 0 Å². The molecular weight excluding hydrogens is 375 g/mol. The Morgan fingerprint density at radius 1 is 0.963 bits per heavy atom. The van der Waals surface area contributed by atoms with Crippen LogP contribution in [0, 0.1) is 6.92 Å². The number of pyridine rings is 1. The van der Waals surface area contributed by atoms with Gasteiger partial charge in [0.25, 0.3) is 0 Å². The SMILES string of the molecule is Cc1cnc(C=Cc2ccc(Cl)c3ccccc23)cc1N1CCCCC1.Cl. The van der Waals surface area contributed by atoms with Gasteiger partial charge in [0, 0.05) is 35.4 Å². The van der Waals surface area contributed by atoms with E-state index in [0.29, 0.717) is 0 Å². The van der Waals surface area contributed by atoms with E-state index in [0.717, 1.165) is 34.8 Å². The number of hydrogen-bond donors (Lipinski definition) is 0. The van der Waals surface area contributed by atoms with Crippen LogP contribution in [0.4, 0.5) is 5.69 Å². The number of rotatable bonds is 3. The number of aromatic nitrogens is 1. The lowest BCUT2D eigenvalue weighted by Crippen LogP contribution is -2.30. The van der Waals surface area contributed by atoms with Crippen LogP contribution in [0.2, 0.25) is 5.02 Å². The van der Waals surface area contributed by atoms with E-state index in [1.807, 2.05) is 18.3 Å². The second kappa shape index (κ2) is 8.77. The van der Waals surface area contributed by atoms with Crippen LogP contribution in [-0.4, -0.2) is 18.1 Å². The van der Waals surface area contributed by atoms with Crippen LogP contribution in [0.5, 0.6) is 0 Å². The number of hydrogen-bond acceptors (Lipinski definition) is 2. The van der Waals surface area contributed by atoms with Crippen LogP contribution in [0.1, 0.15) is 36.1 Å². The Morgan fingerprint density at radius 2 is 1.70 bits per heavy atom. The molecule has 0 bridgehead atoms. The molecular formula is C23H24Cl2N2. The normalized spacial score (nSPS) is 14.5. The van der Waals surface area contributed by atoms with Crippen molar-refractivity contribution in [3.8, 4) is 0 Å². The molecule has 0 amide bonds. The van der Waals surface area contributed by atoms with Gasteiger partial charge in [-0.3, -0.25) is 4.98 Å². The molecule has 1 fully saturated rings. The molecule has 1 aliphatic rings. The molecule has 4 rings (SSSR count). The number of fused-ring (bicyclic) bond motifs is 1. The minimum absolute atomic E-state index is 0. The molecule has 2 aromatic carbocycles. The highest BCUT2D eigenvalue weighted by atomic mass is 35.5. The van der Waals surface area contributed by atoms with Crippen molar-refractivity contribution in [1.29, 1.82) is 0 Å². The Morgan fingerprint density at radius 3 is 2.48 bits per heavy atom. The predicted octanol–water partition coefficient (Wildman–Crippen LogP) is 6.78.